The average Bonchev–Trinajstić information content (AvgIpc) is 2.69. The standard InChI is InChI=1S/C24H23N/c1-2-23-16-15-21(19-9-4-3-5-10-19)17-25(23)18-22-13-8-12-20-11-6-7-14-24(20)22/h2-14,17,23H,1,15-16,18H2/t23-/m0/s1. The summed E-state index contributed by atoms with van der Waals surface area (Å²) < 4.78 is 0. The number of allylic oxidation sites excluding steroid dienone is 1. The van der Waals surface area contributed by atoms with Gasteiger partial charge in [-0.3, -0.25) is 0 Å². The van der Waals surface area contributed by atoms with Crippen LogP contribution in [-0.2, 0) is 6.54 Å². The van der Waals surface area contributed by atoms with Gasteiger partial charge in [0.15, 0.2) is 0 Å². The van der Waals surface area contributed by atoms with E-state index in [-0.39, 0.29) is 0 Å². The van der Waals surface area contributed by atoms with E-state index in [0.717, 1.165) is 19.4 Å². The van der Waals surface area contributed by atoms with Gasteiger partial charge >= 0.3 is 0 Å². The summed E-state index contributed by atoms with van der Waals surface area (Å²) in [6.07, 6.45) is 6.65. The van der Waals surface area contributed by atoms with Crippen molar-refractivity contribution >= 4 is 16.3 Å². The van der Waals surface area contributed by atoms with Crippen molar-refractivity contribution < 1.29 is 0 Å². The van der Waals surface area contributed by atoms with Crippen LogP contribution in [0.5, 0.6) is 0 Å². The average molecular weight is 325 g/mol. The molecule has 0 radical (unpaired) electrons. The molecule has 0 saturated carbocycles. The minimum atomic E-state index is 0.395. The molecule has 1 heteroatoms. The molecule has 4 rings (SSSR count). The highest BCUT2D eigenvalue weighted by molar-refractivity contribution is 5.85. The SMILES string of the molecule is C=C[C@H]1CCC(c2ccccc2)=CN1Cc1cccc2ccccc12. The Labute approximate surface area is 149 Å². The van der Waals surface area contributed by atoms with Crippen molar-refractivity contribution in [1.29, 1.82) is 0 Å². The molecule has 0 N–H and O–H groups in total. The molecule has 124 valence electrons. The molecule has 25 heavy (non-hydrogen) atoms. The Morgan fingerprint density at radius 2 is 1.68 bits per heavy atom. The molecule has 0 bridgehead atoms. The third-order valence-electron chi connectivity index (χ3n) is 5.11. The highest BCUT2D eigenvalue weighted by Crippen LogP contribution is 2.30. The third kappa shape index (κ3) is 3.23. The van der Waals surface area contributed by atoms with Crippen LogP contribution >= 0.6 is 0 Å². The predicted octanol–water partition coefficient (Wildman–Crippen LogP) is 6.03. The number of hydrogen-bond donors (Lipinski definition) is 0. The van der Waals surface area contributed by atoms with Crippen molar-refractivity contribution in [2.45, 2.75) is 25.4 Å². The fourth-order valence-electron chi connectivity index (χ4n) is 3.74. The maximum atomic E-state index is 4.07. The zero-order chi connectivity index (χ0) is 17.1. The first-order valence-electron chi connectivity index (χ1n) is 8.96. The molecule has 0 fully saturated rings. The minimum Gasteiger partial charge on any atom is -0.366 e. The molecule has 0 unspecified atom stereocenters. The number of rotatable bonds is 4. The smallest absolute Gasteiger partial charge is 0.0472 e. The predicted molar refractivity (Wildman–Crippen MR) is 107 cm³/mol. The molecule has 3 aromatic carbocycles. The molecule has 0 spiro atoms. The molecule has 0 saturated heterocycles. The second kappa shape index (κ2) is 6.98. The van der Waals surface area contributed by atoms with Crippen LogP contribution in [0.2, 0.25) is 0 Å². The number of nitrogens with zero attached hydrogens (tertiary/aromatic N) is 1. The van der Waals surface area contributed by atoms with Gasteiger partial charge in [-0.05, 0) is 40.3 Å². The van der Waals surface area contributed by atoms with Gasteiger partial charge in [-0.2, -0.15) is 0 Å². The van der Waals surface area contributed by atoms with Gasteiger partial charge in [0.1, 0.15) is 0 Å². The molecule has 1 nitrogen and oxygen atoms in total. The Morgan fingerprint density at radius 1 is 0.920 bits per heavy atom. The zero-order valence-electron chi connectivity index (χ0n) is 14.4. The lowest BCUT2D eigenvalue weighted by Gasteiger charge is -2.34. The normalized spacial score (nSPS) is 17.4. The van der Waals surface area contributed by atoms with Gasteiger partial charge in [0, 0.05) is 18.8 Å². The molecule has 1 atom stereocenters. The van der Waals surface area contributed by atoms with E-state index in [2.05, 4.69) is 96.6 Å². The lowest BCUT2D eigenvalue weighted by Crippen LogP contribution is -2.31. The maximum Gasteiger partial charge on any atom is 0.0472 e. The van der Waals surface area contributed by atoms with Crippen LogP contribution in [0.25, 0.3) is 16.3 Å². The number of fused-ring (bicyclic) bond motifs is 1. The molecule has 0 amide bonds. The molecule has 1 aliphatic rings. The van der Waals surface area contributed by atoms with Crippen LogP contribution in [0, 0.1) is 0 Å². The summed E-state index contributed by atoms with van der Waals surface area (Å²) in [7, 11) is 0. The highest BCUT2D eigenvalue weighted by atomic mass is 15.1. The molecule has 3 aromatic rings. The largest absolute Gasteiger partial charge is 0.366 e. The summed E-state index contributed by atoms with van der Waals surface area (Å²) in [5, 5.41) is 2.65. The Bertz CT molecular complexity index is 902. The van der Waals surface area contributed by atoms with Gasteiger partial charge in [-0.15, -0.1) is 6.58 Å². The number of benzene rings is 3. The minimum absolute atomic E-state index is 0.395. The van der Waals surface area contributed by atoms with E-state index < -0.39 is 0 Å². The summed E-state index contributed by atoms with van der Waals surface area (Å²) in [6, 6.07) is 26.3. The molecular formula is C24H23N. The first-order valence-corrected chi connectivity index (χ1v) is 8.96. The van der Waals surface area contributed by atoms with Crippen LogP contribution in [-0.4, -0.2) is 10.9 Å². The monoisotopic (exact) mass is 325 g/mol. The number of hydrogen-bond acceptors (Lipinski definition) is 1. The second-order valence-electron chi connectivity index (χ2n) is 6.67. The van der Waals surface area contributed by atoms with Gasteiger partial charge in [0.25, 0.3) is 0 Å². The van der Waals surface area contributed by atoms with Crippen LogP contribution in [0.1, 0.15) is 24.0 Å². The van der Waals surface area contributed by atoms with Gasteiger partial charge < -0.3 is 4.90 Å². The molecule has 1 aliphatic heterocycles. The van der Waals surface area contributed by atoms with E-state index in [4.69, 9.17) is 0 Å². The fourth-order valence-corrected chi connectivity index (χ4v) is 3.74. The van der Waals surface area contributed by atoms with E-state index in [0.29, 0.717) is 6.04 Å². The van der Waals surface area contributed by atoms with Crippen LogP contribution in [0.4, 0.5) is 0 Å². The summed E-state index contributed by atoms with van der Waals surface area (Å²) in [6.45, 7) is 4.98. The highest BCUT2D eigenvalue weighted by Gasteiger charge is 2.20. The zero-order valence-corrected chi connectivity index (χ0v) is 14.4. The molecular weight excluding hydrogens is 302 g/mol. The van der Waals surface area contributed by atoms with Gasteiger partial charge in [-0.25, -0.2) is 0 Å². The van der Waals surface area contributed by atoms with Crippen molar-refractivity contribution in [2.24, 2.45) is 0 Å². The molecule has 0 aromatic heterocycles. The lowest BCUT2D eigenvalue weighted by molar-refractivity contribution is 0.290. The Morgan fingerprint density at radius 3 is 2.52 bits per heavy atom. The van der Waals surface area contributed by atoms with Crippen molar-refractivity contribution in [1.82, 2.24) is 4.90 Å². The van der Waals surface area contributed by atoms with E-state index in [9.17, 15) is 0 Å². The molecule has 1 heterocycles. The summed E-state index contributed by atoms with van der Waals surface area (Å²) in [4.78, 5) is 2.45. The van der Waals surface area contributed by atoms with Crippen LogP contribution < -0.4 is 0 Å². The Kier molecular flexibility index (Phi) is 4.39. The second-order valence-corrected chi connectivity index (χ2v) is 6.67. The van der Waals surface area contributed by atoms with Gasteiger partial charge in [-0.1, -0.05) is 78.9 Å². The van der Waals surface area contributed by atoms with E-state index in [1.54, 1.807) is 0 Å². The van der Waals surface area contributed by atoms with Gasteiger partial charge in [0.2, 0.25) is 0 Å². The lowest BCUT2D eigenvalue weighted by atomic mass is 9.94. The van der Waals surface area contributed by atoms with E-state index in [1.165, 1.54) is 27.5 Å². The van der Waals surface area contributed by atoms with E-state index >= 15 is 0 Å². The maximum absolute atomic E-state index is 4.07. The first-order chi connectivity index (χ1) is 12.3. The third-order valence-corrected chi connectivity index (χ3v) is 5.11. The van der Waals surface area contributed by atoms with Crippen LogP contribution in [0.3, 0.4) is 0 Å². The van der Waals surface area contributed by atoms with Crippen molar-refractivity contribution in [3.8, 4) is 0 Å². The fraction of sp³-hybridized carbons (Fsp3) is 0.167. The van der Waals surface area contributed by atoms with E-state index in [1.807, 2.05) is 0 Å². The topological polar surface area (TPSA) is 3.24 Å². The van der Waals surface area contributed by atoms with Gasteiger partial charge in [0.05, 0.1) is 0 Å². The summed E-state index contributed by atoms with van der Waals surface area (Å²) in [5.41, 5.74) is 4.11. The van der Waals surface area contributed by atoms with Crippen molar-refractivity contribution in [3.63, 3.8) is 0 Å². The Hall–Kier alpha value is -2.80. The van der Waals surface area contributed by atoms with Crippen molar-refractivity contribution in [2.75, 3.05) is 0 Å². The van der Waals surface area contributed by atoms with Crippen LogP contribution in [0.15, 0.2) is 91.7 Å². The summed E-state index contributed by atoms with van der Waals surface area (Å²) in [5.74, 6) is 0. The Balaban J connectivity index is 1.69. The summed E-state index contributed by atoms with van der Waals surface area (Å²) >= 11 is 0. The molecule has 0 aliphatic carbocycles. The quantitative estimate of drug-likeness (QED) is 0.529. The first kappa shape index (κ1) is 15.7. The van der Waals surface area contributed by atoms with Crippen molar-refractivity contribution in [3.05, 3.63) is 103 Å².